The van der Waals surface area contributed by atoms with Crippen LogP contribution < -0.4 is 24.5 Å². The van der Waals surface area contributed by atoms with E-state index in [1.54, 1.807) is 47.9 Å². The molecule has 0 aromatic heterocycles. The van der Waals surface area contributed by atoms with Crippen molar-refractivity contribution >= 4 is 91.8 Å². The number of ketones is 5. The zero-order chi connectivity index (χ0) is 46.6. The van der Waals surface area contributed by atoms with Crippen LogP contribution in [0.15, 0.2) is 12.2 Å². The van der Waals surface area contributed by atoms with Crippen LogP contribution in [-0.2, 0) is 28.8 Å². The molecule has 4 aliphatic carbocycles. The third-order valence-electron chi connectivity index (χ3n) is 12.3. The minimum absolute atomic E-state index is 0. The summed E-state index contributed by atoms with van der Waals surface area (Å²) in [5, 5.41) is 0. The number of rotatable bonds is 15. The maximum atomic E-state index is 10.9. The summed E-state index contributed by atoms with van der Waals surface area (Å²) in [6.07, 6.45) is 17.0. The molecule has 4 saturated carbocycles. The Hall–Kier alpha value is 0.509. The van der Waals surface area contributed by atoms with Gasteiger partial charge in [0.2, 0.25) is 5.91 Å². The summed E-state index contributed by atoms with van der Waals surface area (Å²) >= 11 is 4.33. The molecule has 12 heteroatoms. The van der Waals surface area contributed by atoms with Gasteiger partial charge in [-0.05, 0) is 97.5 Å². The molecule has 0 aliphatic heterocycles. The Morgan fingerprint density at radius 1 is 0.617 bits per heavy atom. The molecule has 1 amide bonds. The van der Waals surface area contributed by atoms with Gasteiger partial charge in [-0.15, -0.1) is 0 Å². The van der Waals surface area contributed by atoms with Gasteiger partial charge in [-0.2, -0.15) is 0 Å². The first-order chi connectivity index (χ1) is 26.6. The van der Waals surface area contributed by atoms with Crippen molar-refractivity contribution in [3.63, 3.8) is 0 Å². The van der Waals surface area contributed by atoms with Gasteiger partial charge in [-0.1, -0.05) is 69.9 Å². The second-order valence-electron chi connectivity index (χ2n) is 18.5. The molecule has 8 nitrogen and oxygen atoms in total. The Labute approximate surface area is 409 Å². The average Bonchev–Trinajstić information content (AvgIpc) is 4.04. The van der Waals surface area contributed by atoms with Crippen molar-refractivity contribution in [2.24, 2.45) is 32.9 Å². The van der Waals surface area contributed by atoms with E-state index < -0.39 is 19.8 Å². The predicted molar refractivity (Wildman–Crippen MR) is 277 cm³/mol. The zero-order valence-corrected chi connectivity index (χ0v) is 49.7. The third kappa shape index (κ3) is 36.8. The topological polar surface area (TPSA) is 140 Å². The summed E-state index contributed by atoms with van der Waals surface area (Å²) in [6.45, 7) is 34.4. The Kier molecular flexibility index (Phi) is 45.3. The van der Waals surface area contributed by atoms with E-state index in [0.717, 1.165) is 44.9 Å². The van der Waals surface area contributed by atoms with Crippen molar-refractivity contribution in [3.05, 3.63) is 12.2 Å². The van der Waals surface area contributed by atoms with Crippen LogP contribution in [0.5, 0.6) is 0 Å². The van der Waals surface area contributed by atoms with Gasteiger partial charge < -0.3 is 4.79 Å². The standard InChI is InChI=1S/C8H14O.2C6H10O.C5H10N2O.C5H8O.C4H8O.3C4H9.2CH4.I3.Sn.H/c1-6(9)8(4)5-7(8,2)3;2*1-5(7)6(2)3-4-6;1-5(2-3-5)4(8)7-6;1-4(2)5(3)6;1-3-4(2)5;3*1-3-4-2;;;1-3-2;;/h5H2,1-4H3;2*3-4H2,1-2H3;2-3,6H2,1H3,(H,7,8);1H2,2-3H3;3H2,1-2H3;3*1,3-4H2,2H3;2*1H4;;;/q;;;;;;;;;;;-1;;. The van der Waals surface area contributed by atoms with E-state index >= 15 is 0 Å². The first-order valence-electron chi connectivity index (χ1n) is 21.6. The fraction of sp³-hybridized carbons (Fsp3) is 0.833. The normalized spacial score (nSPS) is 18.5. The molecular formula is C48H96I3N2O6Sn-. The molecule has 1 atom stereocenters. The quantitative estimate of drug-likeness (QED) is 0.0415. The van der Waals surface area contributed by atoms with E-state index in [1.165, 1.54) is 45.4 Å². The summed E-state index contributed by atoms with van der Waals surface area (Å²) < 4.78 is 5.08. The number of hydrogen-bond acceptors (Lipinski definition) is 7. The Morgan fingerprint density at radius 2 is 0.867 bits per heavy atom. The van der Waals surface area contributed by atoms with Gasteiger partial charge in [-0.25, -0.2) is 5.84 Å². The molecule has 60 heavy (non-hydrogen) atoms. The molecule has 0 heterocycles. The van der Waals surface area contributed by atoms with Gasteiger partial charge in [0.25, 0.3) is 0 Å². The second kappa shape index (κ2) is 37.7. The number of carbonyl (C=O) groups is 6. The fourth-order valence-electron chi connectivity index (χ4n) is 5.02. The van der Waals surface area contributed by atoms with Crippen molar-refractivity contribution in [3.8, 4) is 0 Å². The molecule has 0 aromatic carbocycles. The molecule has 360 valence electrons. The van der Waals surface area contributed by atoms with Crippen LogP contribution >= 0.6 is 37.2 Å². The zero-order valence-electron chi connectivity index (χ0n) is 40.0. The van der Waals surface area contributed by atoms with E-state index in [0.29, 0.717) is 42.6 Å². The number of carbonyl (C=O) groups excluding carboxylic acids is 6. The van der Waals surface area contributed by atoms with Gasteiger partial charge in [-0.3, -0.25) is 29.4 Å². The van der Waals surface area contributed by atoms with Crippen LogP contribution in [0, 0.1) is 27.1 Å². The van der Waals surface area contributed by atoms with Crippen LogP contribution in [0.1, 0.15) is 216 Å². The third-order valence-corrected chi connectivity index (χ3v) is 22.8. The first-order valence-corrected chi connectivity index (χ1v) is 41.2. The Bertz CT molecular complexity index is 1190. The summed E-state index contributed by atoms with van der Waals surface area (Å²) in [4.78, 5) is 62.5. The molecule has 4 aliphatic rings. The van der Waals surface area contributed by atoms with E-state index in [2.05, 4.69) is 90.8 Å². The monoisotopic (exact) mass is 1300 g/mol. The molecule has 0 aromatic rings. The number of hydrazine groups is 1. The van der Waals surface area contributed by atoms with Gasteiger partial charge >= 0.3 is 143 Å². The average molecular weight is 1300 g/mol. The van der Waals surface area contributed by atoms with Crippen LogP contribution in [0.25, 0.3) is 0 Å². The number of hydrogen-bond donors (Lipinski definition) is 2. The number of halogens is 3. The molecule has 0 radical (unpaired) electrons. The molecule has 0 bridgehead atoms. The fourth-order valence-corrected chi connectivity index (χ4v) is 15.9. The minimum atomic E-state index is -0.967. The SMILES string of the molecule is C.C.C=C(C)C(C)=O.CC(=O)C1(C)CC1.CC(=O)C1(C)CC1.CC(=O)C1(C)CC1(C)C.CC1(C(=O)NN)CC1.CCC(C)=O.CCC[CH2][SnH]([CH2]CCC)[CH2]CCC.I[I-]I. The van der Waals surface area contributed by atoms with Gasteiger partial charge in [0.1, 0.15) is 23.1 Å². The Balaban J connectivity index is -0.000000142. The van der Waals surface area contributed by atoms with E-state index in [9.17, 15) is 28.8 Å². The number of nitrogens with two attached hydrogens (primary N) is 1. The number of allylic oxidation sites excluding steroid dienone is 1. The van der Waals surface area contributed by atoms with Crippen LogP contribution in [0.4, 0.5) is 0 Å². The van der Waals surface area contributed by atoms with Gasteiger partial charge in [0, 0.05) is 28.1 Å². The maximum absolute atomic E-state index is 10.9. The molecule has 4 fully saturated rings. The summed E-state index contributed by atoms with van der Waals surface area (Å²) in [7, 11) is 0. The number of unbranched alkanes of at least 4 members (excludes halogenated alkanes) is 3. The van der Waals surface area contributed by atoms with Crippen molar-refractivity contribution in [1.82, 2.24) is 5.43 Å². The molecule has 3 N–H and O–H groups in total. The second-order valence-corrected chi connectivity index (χ2v) is 44.6. The van der Waals surface area contributed by atoms with Crippen LogP contribution in [0.2, 0.25) is 13.3 Å². The van der Waals surface area contributed by atoms with E-state index in [-0.39, 0.29) is 59.4 Å². The Morgan fingerprint density at radius 3 is 0.933 bits per heavy atom. The molecule has 0 saturated heterocycles. The summed E-state index contributed by atoms with van der Waals surface area (Å²) in [6, 6.07) is 0. The van der Waals surface area contributed by atoms with Crippen LogP contribution in [-0.4, -0.2) is 54.6 Å². The summed E-state index contributed by atoms with van der Waals surface area (Å²) in [5.41, 5.74) is 3.14. The number of Topliss-reactive ketones (excluding diaryl/α,β-unsaturated/α-hetero) is 5. The number of nitrogens with one attached hydrogen (secondary N) is 1. The summed E-state index contributed by atoms with van der Waals surface area (Å²) in [5.74, 6) is 6.24. The van der Waals surface area contributed by atoms with Crippen molar-refractivity contribution in [2.75, 3.05) is 0 Å². The molecule has 1 unspecified atom stereocenters. The molecular weight excluding hydrogens is 1200 g/mol. The van der Waals surface area contributed by atoms with Gasteiger partial charge in [0.15, 0.2) is 5.78 Å². The van der Waals surface area contributed by atoms with Crippen molar-refractivity contribution in [1.29, 1.82) is 0 Å². The predicted octanol–water partition coefficient (Wildman–Crippen LogP) is 11.3. The van der Waals surface area contributed by atoms with Gasteiger partial charge in [0.05, 0.1) is 0 Å². The molecule has 0 spiro atoms. The van der Waals surface area contributed by atoms with Crippen LogP contribution in [0.3, 0.4) is 0 Å². The van der Waals surface area contributed by atoms with E-state index in [1.807, 2.05) is 27.7 Å². The molecule has 4 rings (SSSR count). The van der Waals surface area contributed by atoms with Crippen molar-refractivity contribution < 1.29 is 42.0 Å². The van der Waals surface area contributed by atoms with Crippen molar-refractivity contribution in [2.45, 2.75) is 229 Å². The first kappa shape index (κ1) is 72.1. The number of amides is 1. The van der Waals surface area contributed by atoms with E-state index in [4.69, 9.17) is 5.84 Å².